The van der Waals surface area contributed by atoms with Gasteiger partial charge in [0.1, 0.15) is 22.6 Å². The van der Waals surface area contributed by atoms with Crippen LogP contribution in [0.15, 0.2) is 94.2 Å². The van der Waals surface area contributed by atoms with Crippen molar-refractivity contribution in [3.8, 4) is 23.1 Å². The SMILES string of the molecule is Cc1nn(-c2ccccc2)c(Oc2ccc([N+](=O)[O-])cc2)c1/C=C/C(=O)c1c(O)c2ccccc2oc1=O. The summed E-state index contributed by atoms with van der Waals surface area (Å²) in [5.74, 6) is -0.691. The zero-order chi connectivity index (χ0) is 26.8. The second-order valence-corrected chi connectivity index (χ2v) is 8.21. The number of ether oxygens (including phenoxy) is 1. The highest BCUT2D eigenvalue weighted by molar-refractivity contribution is 6.10. The van der Waals surface area contributed by atoms with Crippen LogP contribution in [0.1, 0.15) is 21.6 Å². The maximum absolute atomic E-state index is 13.0. The third kappa shape index (κ3) is 4.53. The van der Waals surface area contributed by atoms with Crippen LogP contribution in [0.2, 0.25) is 0 Å². The molecule has 1 N–H and O–H groups in total. The van der Waals surface area contributed by atoms with Crippen molar-refractivity contribution < 1.29 is 24.0 Å². The van der Waals surface area contributed by atoms with Gasteiger partial charge in [0.15, 0.2) is 5.78 Å². The predicted molar refractivity (Wildman–Crippen MR) is 139 cm³/mol. The predicted octanol–water partition coefficient (Wildman–Crippen LogP) is 5.59. The molecule has 10 nitrogen and oxygen atoms in total. The molecule has 10 heteroatoms. The first-order chi connectivity index (χ1) is 18.3. The first-order valence-electron chi connectivity index (χ1n) is 11.4. The molecule has 0 amide bonds. The lowest BCUT2D eigenvalue weighted by Gasteiger charge is -2.10. The molecule has 0 radical (unpaired) electrons. The van der Waals surface area contributed by atoms with Crippen molar-refractivity contribution >= 4 is 28.5 Å². The number of benzene rings is 3. The van der Waals surface area contributed by atoms with Gasteiger partial charge in [0.05, 0.1) is 27.3 Å². The number of non-ortho nitro benzene ring substituents is 1. The monoisotopic (exact) mass is 509 g/mol. The average Bonchev–Trinajstić information content (AvgIpc) is 3.22. The van der Waals surface area contributed by atoms with Gasteiger partial charge in [0.25, 0.3) is 5.69 Å². The molecule has 5 aromatic rings. The summed E-state index contributed by atoms with van der Waals surface area (Å²) in [6.45, 7) is 1.72. The van der Waals surface area contributed by atoms with Gasteiger partial charge in [-0.15, -0.1) is 0 Å². The molecule has 0 aliphatic heterocycles. The fourth-order valence-corrected chi connectivity index (χ4v) is 3.89. The van der Waals surface area contributed by atoms with Gasteiger partial charge in [-0.3, -0.25) is 14.9 Å². The van der Waals surface area contributed by atoms with E-state index in [-0.39, 0.29) is 22.5 Å². The van der Waals surface area contributed by atoms with Crippen molar-refractivity contribution in [3.05, 3.63) is 122 Å². The largest absolute Gasteiger partial charge is 0.506 e. The van der Waals surface area contributed by atoms with Crippen LogP contribution in [-0.4, -0.2) is 25.6 Å². The number of carbonyl (C=O) groups is 1. The van der Waals surface area contributed by atoms with Gasteiger partial charge in [0.2, 0.25) is 5.88 Å². The first kappa shape index (κ1) is 24.2. The van der Waals surface area contributed by atoms with E-state index < -0.39 is 27.6 Å². The number of hydrogen-bond donors (Lipinski definition) is 1. The Balaban J connectivity index is 1.57. The van der Waals surface area contributed by atoms with Gasteiger partial charge in [-0.1, -0.05) is 30.3 Å². The summed E-state index contributed by atoms with van der Waals surface area (Å²) in [5, 5.41) is 26.4. The zero-order valence-corrected chi connectivity index (χ0v) is 19.9. The van der Waals surface area contributed by atoms with Crippen LogP contribution >= 0.6 is 0 Å². The molecule has 0 atom stereocenters. The summed E-state index contributed by atoms with van der Waals surface area (Å²) in [7, 11) is 0. The molecule has 38 heavy (non-hydrogen) atoms. The molecule has 0 aliphatic carbocycles. The van der Waals surface area contributed by atoms with Gasteiger partial charge < -0.3 is 14.3 Å². The smallest absolute Gasteiger partial charge is 0.351 e. The van der Waals surface area contributed by atoms with E-state index in [2.05, 4.69) is 5.10 Å². The number of ketones is 1. The van der Waals surface area contributed by atoms with E-state index in [9.17, 15) is 24.8 Å². The van der Waals surface area contributed by atoms with Crippen LogP contribution in [0.5, 0.6) is 17.4 Å². The van der Waals surface area contributed by atoms with E-state index in [1.165, 1.54) is 47.2 Å². The van der Waals surface area contributed by atoms with E-state index in [0.29, 0.717) is 22.7 Å². The highest BCUT2D eigenvalue weighted by Gasteiger charge is 2.21. The lowest BCUT2D eigenvalue weighted by atomic mass is 10.1. The summed E-state index contributed by atoms with van der Waals surface area (Å²) in [6.07, 6.45) is 2.56. The second kappa shape index (κ2) is 9.86. The summed E-state index contributed by atoms with van der Waals surface area (Å²) >= 11 is 0. The van der Waals surface area contributed by atoms with Gasteiger partial charge in [-0.2, -0.15) is 9.78 Å². The maximum Gasteiger partial charge on any atom is 0.351 e. The zero-order valence-electron chi connectivity index (χ0n) is 19.9. The van der Waals surface area contributed by atoms with Crippen LogP contribution in [-0.2, 0) is 0 Å². The third-order valence-electron chi connectivity index (χ3n) is 5.76. The van der Waals surface area contributed by atoms with E-state index in [1.807, 2.05) is 30.3 Å². The normalized spacial score (nSPS) is 11.2. The highest BCUT2D eigenvalue weighted by Crippen LogP contribution is 2.33. The minimum absolute atomic E-state index is 0.0927. The number of fused-ring (bicyclic) bond motifs is 1. The number of nitrogens with zero attached hydrogens (tertiary/aromatic N) is 3. The lowest BCUT2D eigenvalue weighted by molar-refractivity contribution is -0.384. The Morgan fingerprint density at radius 1 is 1.05 bits per heavy atom. The number of aromatic nitrogens is 2. The molecule has 188 valence electrons. The molecule has 2 heterocycles. The van der Waals surface area contributed by atoms with E-state index in [0.717, 1.165) is 6.08 Å². The third-order valence-corrected chi connectivity index (χ3v) is 5.76. The molecular weight excluding hydrogens is 490 g/mol. The Hall–Kier alpha value is -5.51. The fourth-order valence-electron chi connectivity index (χ4n) is 3.89. The second-order valence-electron chi connectivity index (χ2n) is 8.21. The van der Waals surface area contributed by atoms with Crippen LogP contribution in [0.25, 0.3) is 22.7 Å². The highest BCUT2D eigenvalue weighted by atomic mass is 16.6. The molecule has 0 saturated heterocycles. The van der Waals surface area contributed by atoms with Crippen molar-refractivity contribution in [1.29, 1.82) is 0 Å². The molecule has 0 bridgehead atoms. The number of aryl methyl sites for hydroxylation is 1. The van der Waals surface area contributed by atoms with Crippen molar-refractivity contribution in [2.24, 2.45) is 0 Å². The Kier molecular flexibility index (Phi) is 6.28. The van der Waals surface area contributed by atoms with Crippen LogP contribution in [0, 0.1) is 17.0 Å². The minimum atomic E-state index is -0.963. The Morgan fingerprint density at radius 2 is 1.74 bits per heavy atom. The number of nitro benzene ring substituents is 1. The Bertz CT molecular complexity index is 1770. The summed E-state index contributed by atoms with van der Waals surface area (Å²) in [4.78, 5) is 36.0. The van der Waals surface area contributed by atoms with E-state index in [4.69, 9.17) is 9.15 Å². The number of hydrogen-bond acceptors (Lipinski definition) is 8. The van der Waals surface area contributed by atoms with Crippen LogP contribution in [0.4, 0.5) is 5.69 Å². The Morgan fingerprint density at radius 3 is 2.45 bits per heavy atom. The van der Waals surface area contributed by atoms with Gasteiger partial charge >= 0.3 is 5.63 Å². The van der Waals surface area contributed by atoms with Crippen LogP contribution < -0.4 is 10.4 Å². The maximum atomic E-state index is 13.0. The van der Waals surface area contributed by atoms with Gasteiger partial charge in [-0.25, -0.2) is 4.79 Å². The quantitative estimate of drug-likeness (QED) is 0.0985. The van der Waals surface area contributed by atoms with Crippen molar-refractivity contribution in [2.75, 3.05) is 0 Å². The number of para-hydroxylation sites is 2. The first-order valence-corrected chi connectivity index (χ1v) is 11.4. The number of aromatic hydroxyl groups is 1. The number of carbonyl (C=O) groups excluding carboxylic acids is 1. The van der Waals surface area contributed by atoms with Crippen molar-refractivity contribution in [2.45, 2.75) is 6.92 Å². The van der Waals surface area contributed by atoms with Gasteiger partial charge in [0, 0.05) is 12.1 Å². The number of rotatable bonds is 7. The molecule has 0 unspecified atom stereocenters. The van der Waals surface area contributed by atoms with Gasteiger partial charge in [-0.05, 0) is 55.5 Å². The number of allylic oxidation sites excluding steroid dienone is 1. The van der Waals surface area contributed by atoms with Crippen molar-refractivity contribution in [3.63, 3.8) is 0 Å². The molecule has 2 aromatic heterocycles. The minimum Gasteiger partial charge on any atom is -0.506 e. The molecule has 0 fully saturated rings. The Labute approximate surface area is 214 Å². The molecular formula is C28H19N3O7. The molecule has 3 aromatic carbocycles. The fraction of sp³-hybridized carbons (Fsp3) is 0.0357. The average molecular weight is 509 g/mol. The van der Waals surface area contributed by atoms with E-state index in [1.54, 1.807) is 19.1 Å². The standard InChI is InChI=1S/C28H19N3O7/c1-17-21(15-16-23(32)25-26(33)22-9-5-6-10-24(22)38-28(25)34)27(30(29-17)18-7-3-2-4-8-18)37-20-13-11-19(12-14-20)31(35)36/h2-16,33H,1H3/b16-15+. The molecule has 0 saturated carbocycles. The van der Waals surface area contributed by atoms with Crippen LogP contribution in [0.3, 0.4) is 0 Å². The summed E-state index contributed by atoms with van der Waals surface area (Å²) in [5.41, 5.74) is 0.209. The summed E-state index contributed by atoms with van der Waals surface area (Å²) in [6, 6.07) is 21.0. The lowest BCUT2D eigenvalue weighted by Crippen LogP contribution is -2.12. The van der Waals surface area contributed by atoms with Crippen molar-refractivity contribution in [1.82, 2.24) is 9.78 Å². The topological polar surface area (TPSA) is 138 Å². The summed E-state index contributed by atoms with van der Waals surface area (Å²) < 4.78 is 12.8. The molecule has 5 rings (SSSR count). The molecule has 0 spiro atoms. The molecule has 0 aliphatic rings. The number of nitro groups is 1. The van der Waals surface area contributed by atoms with E-state index >= 15 is 0 Å².